The third-order valence-electron chi connectivity index (χ3n) is 10.1. The van der Waals surface area contributed by atoms with Gasteiger partial charge in [-0.25, -0.2) is 0 Å². The maximum Gasteiger partial charge on any atom is 0.306 e. The third-order valence-corrected chi connectivity index (χ3v) is 10.1. The van der Waals surface area contributed by atoms with Crippen LogP contribution in [0.2, 0.25) is 0 Å². The second-order valence-electron chi connectivity index (χ2n) is 17.1. The van der Waals surface area contributed by atoms with E-state index in [2.05, 4.69) is 41.5 Å². The molecule has 1 atom stereocenters. The molecule has 0 aromatic heterocycles. The van der Waals surface area contributed by atoms with Crippen molar-refractivity contribution in [3.63, 3.8) is 0 Å². The van der Waals surface area contributed by atoms with Crippen molar-refractivity contribution in [2.45, 2.75) is 247 Å². The molecule has 0 aliphatic heterocycles. The van der Waals surface area contributed by atoms with E-state index in [4.69, 9.17) is 14.2 Å². The molecule has 0 saturated carbocycles. The predicted molar refractivity (Wildman–Crippen MR) is 219 cm³/mol. The topological polar surface area (TPSA) is 78.9 Å². The number of carbonyl (C=O) groups is 3. The highest BCUT2D eigenvalue weighted by Crippen LogP contribution is 2.16. The van der Waals surface area contributed by atoms with Gasteiger partial charge in [0.05, 0.1) is 0 Å². The van der Waals surface area contributed by atoms with Gasteiger partial charge in [-0.05, 0) is 37.0 Å². The van der Waals surface area contributed by atoms with Crippen molar-refractivity contribution in [2.75, 3.05) is 13.2 Å². The highest BCUT2D eigenvalue weighted by Gasteiger charge is 2.19. The molecular formula is C46H88O6. The molecule has 0 unspecified atom stereocenters. The van der Waals surface area contributed by atoms with E-state index in [1.54, 1.807) is 0 Å². The zero-order chi connectivity index (χ0) is 38.5. The van der Waals surface area contributed by atoms with Crippen molar-refractivity contribution in [3.8, 4) is 0 Å². The van der Waals surface area contributed by atoms with Crippen LogP contribution in [0.5, 0.6) is 0 Å². The molecule has 0 spiro atoms. The number of hydrogen-bond donors (Lipinski definition) is 0. The fourth-order valence-electron chi connectivity index (χ4n) is 6.70. The number of carbonyl (C=O) groups excluding carboxylic acids is 3. The van der Waals surface area contributed by atoms with E-state index in [9.17, 15) is 14.4 Å². The van der Waals surface area contributed by atoms with Crippen molar-refractivity contribution < 1.29 is 28.6 Å². The first kappa shape index (κ1) is 50.4. The number of unbranched alkanes of at least 4 members (excludes halogenated alkanes) is 22. The molecule has 0 aliphatic carbocycles. The molecule has 0 bridgehead atoms. The van der Waals surface area contributed by atoms with Crippen LogP contribution >= 0.6 is 0 Å². The van der Waals surface area contributed by atoms with E-state index in [0.717, 1.165) is 75.5 Å². The fourth-order valence-corrected chi connectivity index (χ4v) is 6.70. The first-order valence-corrected chi connectivity index (χ1v) is 22.6. The van der Waals surface area contributed by atoms with Gasteiger partial charge in [0.2, 0.25) is 0 Å². The number of rotatable bonds is 39. The lowest BCUT2D eigenvalue weighted by atomic mass is 10.0. The molecule has 6 nitrogen and oxygen atoms in total. The monoisotopic (exact) mass is 737 g/mol. The van der Waals surface area contributed by atoms with Crippen molar-refractivity contribution >= 4 is 17.9 Å². The molecule has 0 heterocycles. The van der Waals surface area contributed by atoms with E-state index < -0.39 is 6.10 Å². The standard InChI is InChI=1S/C46H88O6/c1-40(2)32-26-20-14-10-7-8-12-16-23-29-35-44(47)50-38-43(52-46(49)37-31-25-19-18-22-28-34-42(5)6)39-51-45(48)36-30-24-17-13-9-11-15-21-27-33-41(3)4/h40-43H,7-39H2,1-6H3/t43-/m0/s1. The molecule has 0 N–H and O–H groups in total. The Morgan fingerprint density at radius 3 is 0.827 bits per heavy atom. The smallest absolute Gasteiger partial charge is 0.306 e. The summed E-state index contributed by atoms with van der Waals surface area (Å²) in [4.78, 5) is 37.6. The average molecular weight is 737 g/mol. The molecule has 0 radical (unpaired) electrons. The van der Waals surface area contributed by atoms with Gasteiger partial charge in [-0.1, -0.05) is 202 Å². The average Bonchev–Trinajstić information content (AvgIpc) is 3.09. The molecular weight excluding hydrogens is 648 g/mol. The Balaban J connectivity index is 4.32. The van der Waals surface area contributed by atoms with Gasteiger partial charge in [0.1, 0.15) is 13.2 Å². The maximum absolute atomic E-state index is 12.7. The Kier molecular flexibility index (Phi) is 36.6. The van der Waals surface area contributed by atoms with Gasteiger partial charge in [-0.3, -0.25) is 14.4 Å². The van der Waals surface area contributed by atoms with Gasteiger partial charge in [0.15, 0.2) is 6.10 Å². The number of esters is 3. The molecule has 0 aromatic rings. The molecule has 52 heavy (non-hydrogen) atoms. The second-order valence-corrected chi connectivity index (χ2v) is 17.1. The van der Waals surface area contributed by atoms with Crippen molar-refractivity contribution in [2.24, 2.45) is 17.8 Å². The minimum atomic E-state index is -0.762. The normalized spacial score (nSPS) is 12.2. The SMILES string of the molecule is CC(C)CCCCCCCCCCCCC(=O)OC[C@@H](COC(=O)CCCCCCCCCCCC(C)C)OC(=O)CCCCCCCCC(C)C. The molecule has 0 fully saturated rings. The van der Waals surface area contributed by atoms with Crippen LogP contribution < -0.4 is 0 Å². The third kappa shape index (κ3) is 39.6. The molecule has 308 valence electrons. The molecule has 0 aliphatic rings. The number of ether oxygens (including phenoxy) is 3. The molecule has 0 saturated heterocycles. The van der Waals surface area contributed by atoms with Crippen LogP contribution in [0.3, 0.4) is 0 Å². The Labute approximate surface area is 323 Å². The highest BCUT2D eigenvalue weighted by atomic mass is 16.6. The Morgan fingerprint density at radius 1 is 0.327 bits per heavy atom. The summed E-state index contributed by atoms with van der Waals surface area (Å²) in [5.41, 5.74) is 0. The largest absolute Gasteiger partial charge is 0.462 e. The maximum atomic E-state index is 12.7. The van der Waals surface area contributed by atoms with E-state index in [-0.39, 0.29) is 31.1 Å². The van der Waals surface area contributed by atoms with Crippen molar-refractivity contribution in [1.29, 1.82) is 0 Å². The van der Waals surface area contributed by atoms with Crippen molar-refractivity contribution in [3.05, 3.63) is 0 Å². The van der Waals surface area contributed by atoms with Crippen LogP contribution in [0.1, 0.15) is 241 Å². The molecule has 0 amide bonds. The Morgan fingerprint density at radius 2 is 0.558 bits per heavy atom. The Bertz CT molecular complexity index is 807. The van der Waals surface area contributed by atoms with Gasteiger partial charge in [-0.15, -0.1) is 0 Å². The van der Waals surface area contributed by atoms with E-state index in [1.165, 1.54) is 122 Å². The van der Waals surface area contributed by atoms with Crippen LogP contribution in [0.15, 0.2) is 0 Å². The highest BCUT2D eigenvalue weighted by molar-refractivity contribution is 5.71. The summed E-state index contributed by atoms with van der Waals surface area (Å²) < 4.78 is 16.7. The molecule has 0 aromatic carbocycles. The van der Waals surface area contributed by atoms with Gasteiger partial charge in [0, 0.05) is 19.3 Å². The molecule has 6 heteroatoms. The lowest BCUT2D eigenvalue weighted by Gasteiger charge is -2.18. The van der Waals surface area contributed by atoms with E-state index >= 15 is 0 Å². The van der Waals surface area contributed by atoms with Crippen molar-refractivity contribution in [1.82, 2.24) is 0 Å². The quantitative estimate of drug-likeness (QED) is 0.0355. The van der Waals surface area contributed by atoms with Gasteiger partial charge >= 0.3 is 17.9 Å². The summed E-state index contributed by atoms with van der Waals surface area (Å²) in [6, 6.07) is 0. The summed E-state index contributed by atoms with van der Waals surface area (Å²) in [6.45, 7) is 13.6. The zero-order valence-electron chi connectivity index (χ0n) is 35.6. The first-order valence-electron chi connectivity index (χ1n) is 22.6. The summed E-state index contributed by atoms with van der Waals surface area (Å²) in [6.07, 6.45) is 33.9. The van der Waals surface area contributed by atoms with Gasteiger partial charge in [0.25, 0.3) is 0 Å². The fraction of sp³-hybridized carbons (Fsp3) is 0.935. The number of hydrogen-bond acceptors (Lipinski definition) is 6. The first-order chi connectivity index (χ1) is 25.1. The summed E-state index contributed by atoms with van der Waals surface area (Å²) in [5.74, 6) is 1.52. The van der Waals surface area contributed by atoms with Crippen LogP contribution in [-0.4, -0.2) is 37.2 Å². The van der Waals surface area contributed by atoms with Crippen LogP contribution in [0, 0.1) is 17.8 Å². The molecule has 0 rings (SSSR count). The Hall–Kier alpha value is -1.59. The van der Waals surface area contributed by atoms with Gasteiger partial charge < -0.3 is 14.2 Å². The summed E-state index contributed by atoms with van der Waals surface area (Å²) >= 11 is 0. The van der Waals surface area contributed by atoms with Crippen LogP contribution in [0.4, 0.5) is 0 Å². The van der Waals surface area contributed by atoms with E-state index in [1.807, 2.05) is 0 Å². The minimum Gasteiger partial charge on any atom is -0.462 e. The summed E-state index contributed by atoms with van der Waals surface area (Å²) in [5, 5.41) is 0. The lowest BCUT2D eigenvalue weighted by Crippen LogP contribution is -2.30. The van der Waals surface area contributed by atoms with E-state index in [0.29, 0.717) is 19.3 Å². The lowest BCUT2D eigenvalue weighted by molar-refractivity contribution is -0.167. The second kappa shape index (κ2) is 37.7. The minimum absolute atomic E-state index is 0.0671. The summed E-state index contributed by atoms with van der Waals surface area (Å²) in [7, 11) is 0. The zero-order valence-corrected chi connectivity index (χ0v) is 35.6. The predicted octanol–water partition coefficient (Wildman–Crippen LogP) is 14.0. The van der Waals surface area contributed by atoms with Crippen LogP contribution in [0.25, 0.3) is 0 Å². The van der Waals surface area contributed by atoms with Gasteiger partial charge in [-0.2, -0.15) is 0 Å². The van der Waals surface area contributed by atoms with Crippen LogP contribution in [-0.2, 0) is 28.6 Å².